The van der Waals surface area contributed by atoms with E-state index in [9.17, 15) is 0 Å². The molecule has 0 spiro atoms. The Bertz CT molecular complexity index is 1280. The van der Waals surface area contributed by atoms with Crippen LogP contribution in [0.2, 0.25) is 5.02 Å². The SMILES string of the molecule is CC1=C(C)C(=C2CCN(CCNc3ccnc4cc(Cl)ccc34)CC2)c2ccccc2C=C1. The molecule has 5 rings (SSSR count). The fourth-order valence-corrected chi connectivity index (χ4v) is 5.15. The fraction of sp³-hybridized carbons (Fsp3) is 0.276. The molecule has 0 atom stereocenters. The standard InChI is InChI=1S/C29H30ClN3/c1-20-7-8-22-5-3-4-6-25(22)29(21(20)2)23-12-16-33(17-13-23)18-15-32-27-11-14-31-28-19-24(30)9-10-26(27)28/h3-11,14,19H,12-13,15-18H2,1-2H3,(H,31,32). The molecule has 1 saturated heterocycles. The van der Waals surface area contributed by atoms with Gasteiger partial charge in [0.25, 0.3) is 0 Å². The van der Waals surface area contributed by atoms with Crippen molar-refractivity contribution in [2.75, 3.05) is 31.5 Å². The number of nitrogens with zero attached hydrogens (tertiary/aromatic N) is 2. The summed E-state index contributed by atoms with van der Waals surface area (Å²) < 4.78 is 0. The predicted molar refractivity (Wildman–Crippen MR) is 142 cm³/mol. The molecule has 0 amide bonds. The second-order valence-electron chi connectivity index (χ2n) is 9.00. The minimum Gasteiger partial charge on any atom is -0.383 e. The van der Waals surface area contributed by atoms with Gasteiger partial charge in [-0.15, -0.1) is 0 Å². The van der Waals surface area contributed by atoms with Gasteiger partial charge in [0.2, 0.25) is 0 Å². The molecule has 168 valence electrons. The van der Waals surface area contributed by atoms with Crippen molar-refractivity contribution in [3.63, 3.8) is 0 Å². The van der Waals surface area contributed by atoms with Crippen LogP contribution in [0, 0.1) is 0 Å². The van der Waals surface area contributed by atoms with Gasteiger partial charge in [0.15, 0.2) is 0 Å². The Hall–Kier alpha value is -2.88. The van der Waals surface area contributed by atoms with Crippen LogP contribution in [-0.4, -0.2) is 36.1 Å². The number of hydrogen-bond acceptors (Lipinski definition) is 3. The second-order valence-corrected chi connectivity index (χ2v) is 9.43. The molecule has 0 bridgehead atoms. The monoisotopic (exact) mass is 455 g/mol. The Morgan fingerprint density at radius 1 is 1.00 bits per heavy atom. The van der Waals surface area contributed by atoms with Crippen molar-refractivity contribution in [3.8, 4) is 0 Å². The summed E-state index contributed by atoms with van der Waals surface area (Å²) in [5, 5.41) is 5.45. The number of likely N-dealkylation sites (tertiary alicyclic amines) is 1. The number of pyridine rings is 1. The maximum Gasteiger partial charge on any atom is 0.0737 e. The van der Waals surface area contributed by atoms with Crippen LogP contribution in [0.15, 0.2) is 77.5 Å². The fourth-order valence-electron chi connectivity index (χ4n) is 4.99. The third kappa shape index (κ3) is 4.62. The first-order chi connectivity index (χ1) is 16.1. The van der Waals surface area contributed by atoms with E-state index < -0.39 is 0 Å². The van der Waals surface area contributed by atoms with E-state index >= 15 is 0 Å². The highest BCUT2D eigenvalue weighted by atomic mass is 35.5. The lowest BCUT2D eigenvalue weighted by atomic mass is 9.86. The molecule has 2 heterocycles. The van der Waals surface area contributed by atoms with E-state index in [4.69, 9.17) is 11.6 Å². The molecule has 0 radical (unpaired) electrons. The van der Waals surface area contributed by atoms with Gasteiger partial charge in [-0.25, -0.2) is 0 Å². The van der Waals surface area contributed by atoms with Gasteiger partial charge in [-0.2, -0.15) is 0 Å². The summed E-state index contributed by atoms with van der Waals surface area (Å²) in [4.78, 5) is 7.01. The summed E-state index contributed by atoms with van der Waals surface area (Å²) in [6.07, 6.45) is 8.63. The normalized spacial score (nSPS) is 16.8. The van der Waals surface area contributed by atoms with E-state index in [1.54, 1.807) is 5.57 Å². The highest BCUT2D eigenvalue weighted by molar-refractivity contribution is 6.31. The Labute approximate surface area is 201 Å². The molecule has 1 N–H and O–H groups in total. The zero-order valence-electron chi connectivity index (χ0n) is 19.4. The number of nitrogens with one attached hydrogen (secondary N) is 1. The third-order valence-corrected chi connectivity index (χ3v) is 7.21. The van der Waals surface area contributed by atoms with Crippen LogP contribution in [0.25, 0.3) is 22.6 Å². The highest BCUT2D eigenvalue weighted by Crippen LogP contribution is 2.37. The zero-order chi connectivity index (χ0) is 22.8. The molecule has 1 aliphatic carbocycles. The van der Waals surface area contributed by atoms with Gasteiger partial charge in [-0.05, 0) is 78.8 Å². The minimum absolute atomic E-state index is 0.720. The quantitative estimate of drug-likeness (QED) is 0.450. The van der Waals surface area contributed by atoms with Crippen LogP contribution in [0.4, 0.5) is 5.69 Å². The predicted octanol–water partition coefficient (Wildman–Crippen LogP) is 7.21. The molecule has 0 saturated carbocycles. The van der Waals surface area contributed by atoms with E-state index in [0.717, 1.165) is 60.6 Å². The van der Waals surface area contributed by atoms with Gasteiger partial charge in [0.05, 0.1) is 5.52 Å². The van der Waals surface area contributed by atoms with Crippen LogP contribution in [0.5, 0.6) is 0 Å². The van der Waals surface area contributed by atoms with E-state index in [0.29, 0.717) is 0 Å². The first-order valence-corrected chi connectivity index (χ1v) is 12.2. The second kappa shape index (κ2) is 9.54. The first-order valence-electron chi connectivity index (χ1n) is 11.8. The lowest BCUT2D eigenvalue weighted by Crippen LogP contribution is -2.34. The molecule has 33 heavy (non-hydrogen) atoms. The van der Waals surface area contributed by atoms with E-state index in [2.05, 4.69) is 65.5 Å². The average molecular weight is 456 g/mol. The molecule has 1 fully saturated rings. The highest BCUT2D eigenvalue weighted by Gasteiger charge is 2.21. The van der Waals surface area contributed by atoms with Gasteiger partial charge >= 0.3 is 0 Å². The van der Waals surface area contributed by atoms with E-state index in [-0.39, 0.29) is 0 Å². The summed E-state index contributed by atoms with van der Waals surface area (Å²) >= 11 is 6.12. The molecule has 1 aromatic heterocycles. The Morgan fingerprint density at radius 3 is 2.67 bits per heavy atom. The number of benzene rings is 2. The maximum absolute atomic E-state index is 6.12. The van der Waals surface area contributed by atoms with Crippen molar-refractivity contribution in [2.24, 2.45) is 0 Å². The molecule has 3 aromatic rings. The molecule has 3 nitrogen and oxygen atoms in total. The lowest BCUT2D eigenvalue weighted by molar-refractivity contribution is 0.266. The summed E-state index contributed by atoms with van der Waals surface area (Å²) in [7, 11) is 0. The molecular weight excluding hydrogens is 426 g/mol. The van der Waals surface area contributed by atoms with Crippen molar-refractivity contribution in [3.05, 3.63) is 93.7 Å². The molecule has 2 aromatic carbocycles. The molecular formula is C29H30ClN3. The molecule has 4 heteroatoms. The minimum atomic E-state index is 0.720. The number of halogens is 1. The third-order valence-electron chi connectivity index (χ3n) is 6.97. The lowest BCUT2D eigenvalue weighted by Gasteiger charge is -2.30. The number of hydrogen-bond donors (Lipinski definition) is 1. The number of rotatable bonds is 4. The number of aromatic nitrogens is 1. The molecule has 1 aliphatic heterocycles. The van der Waals surface area contributed by atoms with Crippen molar-refractivity contribution < 1.29 is 0 Å². The van der Waals surface area contributed by atoms with Crippen LogP contribution in [-0.2, 0) is 0 Å². The van der Waals surface area contributed by atoms with Gasteiger partial charge in [-0.1, -0.05) is 53.6 Å². The largest absolute Gasteiger partial charge is 0.383 e. The van der Waals surface area contributed by atoms with Crippen molar-refractivity contribution in [1.82, 2.24) is 9.88 Å². The van der Waals surface area contributed by atoms with Crippen molar-refractivity contribution >= 4 is 39.8 Å². The van der Waals surface area contributed by atoms with Crippen LogP contribution in [0.3, 0.4) is 0 Å². The van der Waals surface area contributed by atoms with Gasteiger partial charge in [0, 0.05) is 48.5 Å². The molecule has 2 aliphatic rings. The van der Waals surface area contributed by atoms with E-state index in [1.807, 2.05) is 30.5 Å². The van der Waals surface area contributed by atoms with Gasteiger partial charge < -0.3 is 10.2 Å². The number of allylic oxidation sites excluding steroid dienone is 4. The van der Waals surface area contributed by atoms with Crippen molar-refractivity contribution in [1.29, 1.82) is 0 Å². The van der Waals surface area contributed by atoms with Crippen molar-refractivity contribution in [2.45, 2.75) is 26.7 Å². The summed E-state index contributed by atoms with van der Waals surface area (Å²) in [6, 6.07) is 16.8. The van der Waals surface area contributed by atoms with Crippen LogP contribution < -0.4 is 5.32 Å². The average Bonchev–Trinajstić information content (AvgIpc) is 2.96. The Morgan fingerprint density at radius 2 is 1.82 bits per heavy atom. The Kier molecular flexibility index (Phi) is 6.34. The van der Waals surface area contributed by atoms with Gasteiger partial charge in [-0.3, -0.25) is 4.98 Å². The summed E-state index contributed by atoms with van der Waals surface area (Å²) in [5.41, 5.74) is 10.6. The summed E-state index contributed by atoms with van der Waals surface area (Å²) in [6.45, 7) is 8.68. The maximum atomic E-state index is 6.12. The van der Waals surface area contributed by atoms with E-state index in [1.165, 1.54) is 27.8 Å². The topological polar surface area (TPSA) is 28.2 Å². The van der Waals surface area contributed by atoms with Crippen LogP contribution >= 0.6 is 11.6 Å². The Balaban J connectivity index is 1.26. The van der Waals surface area contributed by atoms with Gasteiger partial charge in [0.1, 0.15) is 0 Å². The summed E-state index contributed by atoms with van der Waals surface area (Å²) in [5.74, 6) is 0. The number of anilines is 1. The number of piperidine rings is 1. The first kappa shape index (κ1) is 21.9. The van der Waals surface area contributed by atoms with Crippen LogP contribution in [0.1, 0.15) is 37.8 Å². The smallest absolute Gasteiger partial charge is 0.0737 e. The molecule has 0 unspecified atom stereocenters. The zero-order valence-corrected chi connectivity index (χ0v) is 20.1. The number of fused-ring (bicyclic) bond motifs is 2.